The molecule has 1 atom stereocenters. The van der Waals surface area contributed by atoms with Crippen molar-refractivity contribution in [2.24, 2.45) is 5.92 Å². The molecule has 0 aliphatic rings. The number of benzene rings is 1. The number of phenols is 1. The van der Waals surface area contributed by atoms with E-state index in [1.54, 1.807) is 12.1 Å². The largest absolute Gasteiger partial charge is 0.508 e. The molecule has 4 heteroatoms. The lowest BCUT2D eigenvalue weighted by molar-refractivity contribution is 0.0946. The van der Waals surface area contributed by atoms with Crippen LogP contribution < -0.4 is 5.32 Å². The minimum absolute atomic E-state index is 0.0781. The van der Waals surface area contributed by atoms with Crippen molar-refractivity contribution < 1.29 is 9.90 Å². The number of rotatable bonds is 7. The van der Waals surface area contributed by atoms with E-state index in [1.807, 2.05) is 0 Å². The van der Waals surface area contributed by atoms with Gasteiger partial charge in [0.1, 0.15) is 5.75 Å². The molecule has 0 aliphatic carbocycles. The first-order chi connectivity index (χ1) is 8.67. The molecule has 1 rings (SSSR count). The lowest BCUT2D eigenvalue weighted by atomic mass is 10.0. The van der Waals surface area contributed by atoms with Gasteiger partial charge in [-0.25, -0.2) is 0 Å². The van der Waals surface area contributed by atoms with Crippen LogP contribution in [0.3, 0.4) is 0 Å². The molecule has 0 heterocycles. The van der Waals surface area contributed by atoms with Crippen LogP contribution in [0.15, 0.2) is 24.3 Å². The zero-order valence-electron chi connectivity index (χ0n) is 10.7. The van der Waals surface area contributed by atoms with Crippen LogP contribution in [0.5, 0.6) is 5.75 Å². The number of alkyl halides is 1. The van der Waals surface area contributed by atoms with E-state index >= 15 is 0 Å². The molecule has 3 nitrogen and oxygen atoms in total. The first-order valence-corrected chi connectivity index (χ1v) is 7.42. The van der Waals surface area contributed by atoms with E-state index < -0.39 is 0 Å². The maximum Gasteiger partial charge on any atom is 0.251 e. The van der Waals surface area contributed by atoms with Crippen LogP contribution in [0.4, 0.5) is 0 Å². The van der Waals surface area contributed by atoms with Gasteiger partial charge in [0.2, 0.25) is 0 Å². The van der Waals surface area contributed by atoms with E-state index in [9.17, 15) is 4.79 Å². The molecule has 0 radical (unpaired) electrons. The van der Waals surface area contributed by atoms with Crippen molar-refractivity contribution in [3.05, 3.63) is 29.8 Å². The topological polar surface area (TPSA) is 49.3 Å². The molecule has 1 aromatic rings. The summed E-state index contributed by atoms with van der Waals surface area (Å²) >= 11 is 3.44. The highest BCUT2D eigenvalue weighted by Crippen LogP contribution is 2.13. The minimum atomic E-state index is -0.0781. The Hall–Kier alpha value is -1.03. The van der Waals surface area contributed by atoms with Crippen LogP contribution in [0.1, 0.15) is 36.5 Å². The van der Waals surface area contributed by atoms with Gasteiger partial charge in [0.15, 0.2) is 0 Å². The second-order valence-electron chi connectivity index (χ2n) is 4.39. The molecule has 1 unspecified atom stereocenters. The lowest BCUT2D eigenvalue weighted by Gasteiger charge is -2.15. The molecule has 0 spiro atoms. The summed E-state index contributed by atoms with van der Waals surface area (Å²) in [4.78, 5) is 11.9. The second kappa shape index (κ2) is 8.14. The third kappa shape index (κ3) is 5.08. The van der Waals surface area contributed by atoms with E-state index in [0.29, 0.717) is 18.0 Å². The molecule has 0 saturated heterocycles. The molecule has 0 fully saturated rings. The van der Waals surface area contributed by atoms with Gasteiger partial charge in [0.05, 0.1) is 0 Å². The van der Waals surface area contributed by atoms with Crippen LogP contribution >= 0.6 is 15.9 Å². The Balaban J connectivity index is 2.46. The predicted octanol–water partition coefficient (Wildman–Crippen LogP) is 3.32. The number of phenolic OH excluding ortho intramolecular Hbond substituents is 1. The van der Waals surface area contributed by atoms with Gasteiger partial charge in [-0.3, -0.25) is 4.79 Å². The Morgan fingerprint density at radius 3 is 2.56 bits per heavy atom. The van der Waals surface area contributed by atoms with Crippen LogP contribution in [0, 0.1) is 5.92 Å². The predicted molar refractivity (Wildman–Crippen MR) is 77.2 cm³/mol. The van der Waals surface area contributed by atoms with Crippen LogP contribution in [0.2, 0.25) is 0 Å². The number of aromatic hydroxyl groups is 1. The van der Waals surface area contributed by atoms with Gasteiger partial charge in [-0.05, 0) is 43.0 Å². The van der Waals surface area contributed by atoms with Crippen LogP contribution in [-0.2, 0) is 0 Å². The first-order valence-electron chi connectivity index (χ1n) is 6.30. The summed E-state index contributed by atoms with van der Waals surface area (Å²) in [7, 11) is 0. The van der Waals surface area contributed by atoms with Crippen molar-refractivity contribution in [3.8, 4) is 5.75 Å². The molecular formula is C14H20BrNO2. The SMILES string of the molecule is CCCC(CCBr)CNC(=O)c1ccc(O)cc1. The molecule has 1 aromatic carbocycles. The standard InChI is InChI=1S/C14H20BrNO2/c1-2-3-11(8-9-15)10-16-14(18)12-4-6-13(17)7-5-12/h4-7,11,17H,2-3,8-10H2,1H3,(H,16,18). The highest BCUT2D eigenvalue weighted by molar-refractivity contribution is 9.09. The minimum Gasteiger partial charge on any atom is -0.508 e. The van der Waals surface area contributed by atoms with Crippen molar-refractivity contribution in [2.45, 2.75) is 26.2 Å². The van der Waals surface area contributed by atoms with E-state index in [2.05, 4.69) is 28.2 Å². The van der Waals surface area contributed by atoms with Crippen molar-refractivity contribution in [1.29, 1.82) is 0 Å². The molecule has 18 heavy (non-hydrogen) atoms. The third-order valence-corrected chi connectivity index (χ3v) is 3.35. The Kier molecular flexibility index (Phi) is 6.80. The van der Waals surface area contributed by atoms with E-state index in [1.165, 1.54) is 12.1 Å². The van der Waals surface area contributed by atoms with Gasteiger partial charge in [-0.15, -0.1) is 0 Å². The fourth-order valence-corrected chi connectivity index (χ4v) is 2.51. The number of hydrogen-bond donors (Lipinski definition) is 2. The molecule has 100 valence electrons. The Morgan fingerprint density at radius 2 is 2.00 bits per heavy atom. The molecule has 0 aliphatic heterocycles. The number of carbonyl (C=O) groups excluding carboxylic acids is 1. The van der Waals surface area contributed by atoms with Gasteiger partial charge < -0.3 is 10.4 Å². The average Bonchev–Trinajstić information content (AvgIpc) is 2.37. The molecule has 2 N–H and O–H groups in total. The van der Waals surface area contributed by atoms with Crippen molar-refractivity contribution in [3.63, 3.8) is 0 Å². The fourth-order valence-electron chi connectivity index (χ4n) is 1.86. The summed E-state index contributed by atoms with van der Waals surface area (Å²) in [6, 6.07) is 6.31. The van der Waals surface area contributed by atoms with Gasteiger partial charge >= 0.3 is 0 Å². The zero-order valence-corrected chi connectivity index (χ0v) is 12.2. The van der Waals surface area contributed by atoms with Crippen molar-refractivity contribution >= 4 is 21.8 Å². The van der Waals surface area contributed by atoms with Gasteiger partial charge in [0.25, 0.3) is 5.91 Å². The van der Waals surface area contributed by atoms with Crippen LogP contribution in [0.25, 0.3) is 0 Å². The number of nitrogens with one attached hydrogen (secondary N) is 1. The summed E-state index contributed by atoms with van der Waals surface area (Å²) in [6.07, 6.45) is 3.33. The molecule has 0 aromatic heterocycles. The maximum atomic E-state index is 11.9. The van der Waals surface area contributed by atoms with E-state index in [4.69, 9.17) is 5.11 Å². The lowest BCUT2D eigenvalue weighted by Crippen LogP contribution is -2.29. The first kappa shape index (κ1) is 15.0. The second-order valence-corrected chi connectivity index (χ2v) is 5.18. The maximum absolute atomic E-state index is 11.9. The van der Waals surface area contributed by atoms with Crippen molar-refractivity contribution in [2.75, 3.05) is 11.9 Å². The van der Waals surface area contributed by atoms with E-state index in [0.717, 1.165) is 24.6 Å². The third-order valence-electron chi connectivity index (χ3n) is 2.90. The summed E-state index contributed by atoms with van der Waals surface area (Å²) in [5, 5.41) is 13.1. The average molecular weight is 314 g/mol. The Bertz CT molecular complexity index is 359. The van der Waals surface area contributed by atoms with E-state index in [-0.39, 0.29) is 11.7 Å². The smallest absolute Gasteiger partial charge is 0.251 e. The summed E-state index contributed by atoms with van der Waals surface area (Å²) in [5.41, 5.74) is 0.585. The fraction of sp³-hybridized carbons (Fsp3) is 0.500. The zero-order chi connectivity index (χ0) is 13.4. The summed E-state index contributed by atoms with van der Waals surface area (Å²) < 4.78 is 0. The van der Waals surface area contributed by atoms with Gasteiger partial charge in [-0.1, -0.05) is 29.3 Å². The normalized spacial score (nSPS) is 12.1. The molecule has 1 amide bonds. The molecule has 0 saturated carbocycles. The Labute approximate surface area is 117 Å². The van der Waals surface area contributed by atoms with Crippen LogP contribution in [-0.4, -0.2) is 22.9 Å². The molecular weight excluding hydrogens is 294 g/mol. The quantitative estimate of drug-likeness (QED) is 0.759. The number of hydrogen-bond acceptors (Lipinski definition) is 2. The van der Waals surface area contributed by atoms with Gasteiger partial charge in [0, 0.05) is 17.4 Å². The van der Waals surface area contributed by atoms with Gasteiger partial charge in [-0.2, -0.15) is 0 Å². The Morgan fingerprint density at radius 1 is 1.33 bits per heavy atom. The highest BCUT2D eigenvalue weighted by Gasteiger charge is 2.10. The number of halogens is 1. The highest BCUT2D eigenvalue weighted by atomic mass is 79.9. The summed E-state index contributed by atoms with van der Waals surface area (Å²) in [6.45, 7) is 2.86. The van der Waals surface area contributed by atoms with Crippen molar-refractivity contribution in [1.82, 2.24) is 5.32 Å². The monoisotopic (exact) mass is 313 g/mol. The summed E-state index contributed by atoms with van der Waals surface area (Å²) in [5.74, 6) is 0.621. The molecule has 0 bridgehead atoms. The number of amides is 1. The number of carbonyl (C=O) groups is 1.